The van der Waals surface area contributed by atoms with E-state index in [2.05, 4.69) is 5.32 Å². The van der Waals surface area contributed by atoms with Crippen LogP contribution in [0.5, 0.6) is 5.75 Å². The van der Waals surface area contributed by atoms with Gasteiger partial charge in [-0.1, -0.05) is 26.1 Å². The molecule has 0 saturated heterocycles. The number of hydrogen-bond acceptors (Lipinski definition) is 3. The Hall–Kier alpha value is -1.62. The van der Waals surface area contributed by atoms with E-state index in [-0.39, 0.29) is 5.91 Å². The van der Waals surface area contributed by atoms with Crippen LogP contribution >= 0.6 is 12.2 Å². The predicted molar refractivity (Wildman–Crippen MR) is 75.9 cm³/mol. The molecule has 0 aliphatic rings. The molecule has 4 nitrogen and oxygen atoms in total. The number of benzene rings is 1. The third-order valence-electron chi connectivity index (χ3n) is 2.71. The Morgan fingerprint density at radius 2 is 1.94 bits per heavy atom. The lowest BCUT2D eigenvalue weighted by Crippen LogP contribution is -2.41. The molecule has 5 heteroatoms. The molecule has 3 N–H and O–H groups in total. The zero-order chi connectivity index (χ0) is 13.8. The summed E-state index contributed by atoms with van der Waals surface area (Å²) in [5, 5.41) is 2.81. The summed E-state index contributed by atoms with van der Waals surface area (Å²) >= 11 is 4.94. The molecule has 0 unspecified atom stereocenters. The Labute approximate surface area is 113 Å². The summed E-state index contributed by atoms with van der Waals surface area (Å²) < 4.78 is 5.03. The highest BCUT2D eigenvalue weighted by Gasteiger charge is 2.22. The number of ether oxygens (including phenoxy) is 1. The summed E-state index contributed by atoms with van der Waals surface area (Å²) in [6.07, 6.45) is 0. The summed E-state index contributed by atoms with van der Waals surface area (Å²) in [5.41, 5.74) is 5.78. The van der Waals surface area contributed by atoms with Gasteiger partial charge in [0.15, 0.2) is 0 Å². The molecule has 0 spiro atoms. The number of carbonyl (C=O) groups is 1. The van der Waals surface area contributed by atoms with Gasteiger partial charge in [-0.3, -0.25) is 4.79 Å². The van der Waals surface area contributed by atoms with E-state index in [1.54, 1.807) is 31.4 Å². The number of methoxy groups -OCH3 is 1. The first-order chi connectivity index (χ1) is 8.36. The standard InChI is InChI=1S/C13H18N2O2S/c1-13(2,12(14)18)8-15-11(16)9-4-6-10(17-3)7-5-9/h4-7H,8H2,1-3H3,(H2,14,18)(H,15,16). The van der Waals surface area contributed by atoms with Crippen molar-refractivity contribution in [3.05, 3.63) is 29.8 Å². The lowest BCUT2D eigenvalue weighted by Gasteiger charge is -2.23. The minimum Gasteiger partial charge on any atom is -0.497 e. The molecule has 0 aliphatic carbocycles. The molecule has 1 aromatic rings. The van der Waals surface area contributed by atoms with Crippen molar-refractivity contribution in [2.24, 2.45) is 11.1 Å². The number of nitrogens with one attached hydrogen (secondary N) is 1. The number of nitrogens with two attached hydrogens (primary N) is 1. The van der Waals surface area contributed by atoms with Crippen molar-refractivity contribution in [3.8, 4) is 5.75 Å². The van der Waals surface area contributed by atoms with E-state index in [4.69, 9.17) is 22.7 Å². The fourth-order valence-corrected chi connectivity index (χ4v) is 1.30. The lowest BCUT2D eigenvalue weighted by atomic mass is 9.93. The van der Waals surface area contributed by atoms with Crippen LogP contribution in [0.1, 0.15) is 24.2 Å². The van der Waals surface area contributed by atoms with Crippen LogP contribution in [-0.2, 0) is 0 Å². The molecular weight excluding hydrogens is 248 g/mol. The molecule has 18 heavy (non-hydrogen) atoms. The van der Waals surface area contributed by atoms with Crippen molar-refractivity contribution in [1.82, 2.24) is 5.32 Å². The molecule has 0 bridgehead atoms. The molecule has 0 aromatic heterocycles. The quantitative estimate of drug-likeness (QED) is 0.797. The molecule has 0 atom stereocenters. The van der Waals surface area contributed by atoms with Crippen LogP contribution in [0.3, 0.4) is 0 Å². The third-order valence-corrected chi connectivity index (χ3v) is 3.26. The van der Waals surface area contributed by atoms with Gasteiger partial charge in [-0.15, -0.1) is 0 Å². The Balaban J connectivity index is 2.63. The van der Waals surface area contributed by atoms with Gasteiger partial charge >= 0.3 is 0 Å². The number of rotatable bonds is 5. The van der Waals surface area contributed by atoms with Crippen molar-refractivity contribution in [1.29, 1.82) is 0 Å². The van der Waals surface area contributed by atoms with E-state index < -0.39 is 5.41 Å². The molecule has 1 aromatic carbocycles. The Kier molecular flexibility index (Phi) is 4.67. The van der Waals surface area contributed by atoms with Crippen molar-refractivity contribution in [2.45, 2.75) is 13.8 Å². The molecule has 0 radical (unpaired) electrons. The summed E-state index contributed by atoms with van der Waals surface area (Å²) in [5.74, 6) is 0.567. The average Bonchev–Trinajstić information content (AvgIpc) is 2.36. The zero-order valence-electron chi connectivity index (χ0n) is 10.8. The smallest absolute Gasteiger partial charge is 0.251 e. The van der Waals surface area contributed by atoms with Gasteiger partial charge in [0.05, 0.1) is 12.1 Å². The maximum Gasteiger partial charge on any atom is 0.251 e. The fourth-order valence-electron chi connectivity index (χ4n) is 1.23. The third kappa shape index (κ3) is 3.70. The molecule has 1 rings (SSSR count). The lowest BCUT2D eigenvalue weighted by molar-refractivity contribution is 0.0945. The van der Waals surface area contributed by atoms with E-state index in [1.165, 1.54) is 0 Å². The van der Waals surface area contributed by atoms with Gasteiger partial charge < -0.3 is 15.8 Å². The second kappa shape index (κ2) is 5.82. The normalized spacial score (nSPS) is 10.8. The largest absolute Gasteiger partial charge is 0.497 e. The molecule has 0 heterocycles. The molecule has 98 valence electrons. The van der Waals surface area contributed by atoms with Crippen LogP contribution < -0.4 is 15.8 Å². The molecule has 0 saturated carbocycles. The van der Waals surface area contributed by atoms with Gasteiger partial charge in [-0.2, -0.15) is 0 Å². The van der Waals surface area contributed by atoms with Gasteiger partial charge in [-0.05, 0) is 24.3 Å². The number of thiocarbonyl (C=S) groups is 1. The Morgan fingerprint density at radius 3 is 2.39 bits per heavy atom. The van der Waals surface area contributed by atoms with Crippen molar-refractivity contribution in [3.63, 3.8) is 0 Å². The topological polar surface area (TPSA) is 64.3 Å². The Bertz CT molecular complexity index is 441. The molecule has 0 fully saturated rings. The van der Waals surface area contributed by atoms with Crippen molar-refractivity contribution in [2.75, 3.05) is 13.7 Å². The summed E-state index contributed by atoms with van der Waals surface area (Å²) in [7, 11) is 1.58. The highest BCUT2D eigenvalue weighted by molar-refractivity contribution is 7.80. The number of hydrogen-bond donors (Lipinski definition) is 2. The van der Waals surface area contributed by atoms with E-state index in [0.717, 1.165) is 5.75 Å². The van der Waals surface area contributed by atoms with Gasteiger partial charge in [0, 0.05) is 17.5 Å². The van der Waals surface area contributed by atoms with Crippen molar-refractivity contribution < 1.29 is 9.53 Å². The summed E-state index contributed by atoms with van der Waals surface area (Å²) in [4.78, 5) is 12.3. The van der Waals surface area contributed by atoms with Crippen LogP contribution in [0.15, 0.2) is 24.3 Å². The maximum absolute atomic E-state index is 11.9. The van der Waals surface area contributed by atoms with E-state index >= 15 is 0 Å². The Morgan fingerprint density at radius 1 is 1.39 bits per heavy atom. The van der Waals surface area contributed by atoms with E-state index in [1.807, 2.05) is 13.8 Å². The summed E-state index contributed by atoms with van der Waals surface area (Å²) in [6, 6.07) is 6.91. The van der Waals surface area contributed by atoms with Gasteiger partial charge in [-0.25, -0.2) is 0 Å². The second-order valence-electron chi connectivity index (χ2n) is 4.66. The molecule has 0 aliphatic heterocycles. The maximum atomic E-state index is 11.9. The monoisotopic (exact) mass is 266 g/mol. The van der Waals surface area contributed by atoms with Crippen LogP contribution in [0, 0.1) is 5.41 Å². The van der Waals surface area contributed by atoms with Crippen LogP contribution in [0.2, 0.25) is 0 Å². The minimum atomic E-state index is -0.391. The molecular formula is C13H18N2O2S. The summed E-state index contributed by atoms with van der Waals surface area (Å²) in [6.45, 7) is 4.19. The predicted octanol–water partition coefficient (Wildman–Crippen LogP) is 1.74. The SMILES string of the molecule is COc1ccc(C(=O)NCC(C)(C)C(N)=S)cc1. The highest BCUT2D eigenvalue weighted by Crippen LogP contribution is 2.15. The first kappa shape index (κ1) is 14.4. The van der Waals surface area contributed by atoms with E-state index in [9.17, 15) is 4.79 Å². The van der Waals surface area contributed by atoms with Crippen molar-refractivity contribution >= 4 is 23.1 Å². The first-order valence-electron chi connectivity index (χ1n) is 5.59. The molecule has 1 amide bonds. The first-order valence-corrected chi connectivity index (χ1v) is 6.00. The van der Waals surface area contributed by atoms with E-state index in [0.29, 0.717) is 17.1 Å². The van der Waals surface area contributed by atoms with Gasteiger partial charge in [0.25, 0.3) is 5.91 Å². The van der Waals surface area contributed by atoms with Crippen LogP contribution in [0.4, 0.5) is 0 Å². The second-order valence-corrected chi connectivity index (χ2v) is 5.10. The van der Waals surface area contributed by atoms with Gasteiger partial charge in [0.1, 0.15) is 5.75 Å². The van der Waals surface area contributed by atoms with Crippen LogP contribution in [0.25, 0.3) is 0 Å². The minimum absolute atomic E-state index is 0.151. The van der Waals surface area contributed by atoms with Crippen LogP contribution in [-0.4, -0.2) is 24.6 Å². The average molecular weight is 266 g/mol. The fraction of sp³-hybridized carbons (Fsp3) is 0.385. The van der Waals surface area contributed by atoms with Gasteiger partial charge in [0.2, 0.25) is 0 Å². The highest BCUT2D eigenvalue weighted by atomic mass is 32.1. The number of carbonyl (C=O) groups excluding carboxylic acids is 1. The zero-order valence-corrected chi connectivity index (χ0v) is 11.6. The number of amides is 1.